The normalized spacial score (nSPS) is 12.5. The molecule has 0 saturated heterocycles. The van der Waals surface area contributed by atoms with E-state index >= 15 is 0 Å². The van der Waals surface area contributed by atoms with Crippen molar-refractivity contribution in [3.63, 3.8) is 0 Å². The number of carbonyl (C=O) groups excluding carboxylic acids is 1. The number of carbonyl (C=O) groups is 1. The van der Waals surface area contributed by atoms with Crippen LogP contribution >= 0.6 is 11.8 Å². The molecule has 0 rings (SSSR count). The van der Waals surface area contributed by atoms with Crippen LogP contribution in [0.15, 0.2) is 0 Å². The van der Waals surface area contributed by atoms with Gasteiger partial charge in [0.2, 0.25) is 0 Å². The Labute approximate surface area is 97.3 Å². The maximum atomic E-state index is 11.1. The Balaban J connectivity index is 3.32. The van der Waals surface area contributed by atoms with Crippen molar-refractivity contribution >= 4 is 17.7 Å². The van der Waals surface area contributed by atoms with Crippen LogP contribution in [-0.2, 0) is 9.53 Å². The Kier molecular flexibility index (Phi) is 10.2. The first-order valence-corrected chi connectivity index (χ1v) is 6.98. The van der Waals surface area contributed by atoms with Gasteiger partial charge in [-0.3, -0.25) is 4.79 Å². The summed E-state index contributed by atoms with van der Waals surface area (Å²) >= 11 is 1.88. The van der Waals surface area contributed by atoms with Crippen LogP contribution < -0.4 is 5.32 Å². The minimum Gasteiger partial charge on any atom is -0.466 e. The number of hydrogen-bond donors (Lipinski definition) is 1. The van der Waals surface area contributed by atoms with Gasteiger partial charge in [0.05, 0.1) is 13.0 Å². The fourth-order valence-electron chi connectivity index (χ4n) is 1.26. The molecule has 0 aliphatic carbocycles. The zero-order valence-corrected chi connectivity index (χ0v) is 10.9. The van der Waals surface area contributed by atoms with E-state index in [-0.39, 0.29) is 12.0 Å². The molecular formula is C11H23NO2S. The summed E-state index contributed by atoms with van der Waals surface area (Å²) in [4.78, 5) is 11.1. The first kappa shape index (κ1) is 14.8. The average molecular weight is 233 g/mol. The lowest BCUT2D eigenvalue weighted by atomic mass is 10.2. The average Bonchev–Trinajstić information content (AvgIpc) is 2.17. The van der Waals surface area contributed by atoms with Crippen LogP contribution in [0.3, 0.4) is 0 Å². The summed E-state index contributed by atoms with van der Waals surface area (Å²) in [5.41, 5.74) is 0. The Morgan fingerprint density at radius 2 is 2.20 bits per heavy atom. The van der Waals surface area contributed by atoms with Gasteiger partial charge >= 0.3 is 5.97 Å². The molecule has 3 nitrogen and oxygen atoms in total. The van der Waals surface area contributed by atoms with Gasteiger partial charge in [-0.05, 0) is 45.2 Å². The summed E-state index contributed by atoms with van der Waals surface area (Å²) in [7, 11) is 0. The number of thioether (sulfide) groups is 1. The van der Waals surface area contributed by atoms with Gasteiger partial charge in [0.15, 0.2) is 0 Å². The number of nitrogens with one attached hydrogen (secondary N) is 1. The van der Waals surface area contributed by atoms with Crippen LogP contribution in [0.25, 0.3) is 0 Å². The summed E-state index contributed by atoms with van der Waals surface area (Å²) < 4.78 is 4.88. The number of ether oxygens (including phenoxy) is 1. The predicted octanol–water partition coefficient (Wildman–Crippen LogP) is 2.06. The van der Waals surface area contributed by atoms with Crippen LogP contribution in [0.4, 0.5) is 0 Å². The fraction of sp³-hybridized carbons (Fsp3) is 0.909. The van der Waals surface area contributed by atoms with E-state index in [1.165, 1.54) is 18.6 Å². The Hall–Kier alpha value is -0.220. The molecule has 0 saturated carbocycles. The molecule has 0 aliphatic rings. The van der Waals surface area contributed by atoms with E-state index in [9.17, 15) is 4.79 Å². The summed E-state index contributed by atoms with van der Waals surface area (Å²) in [5, 5.41) is 3.32. The quantitative estimate of drug-likeness (QED) is 0.489. The van der Waals surface area contributed by atoms with E-state index in [1.807, 2.05) is 25.6 Å². The summed E-state index contributed by atoms with van der Waals surface area (Å²) in [6, 6.07) is 0.221. The molecule has 4 heteroatoms. The van der Waals surface area contributed by atoms with E-state index in [2.05, 4.69) is 11.6 Å². The van der Waals surface area contributed by atoms with E-state index in [0.29, 0.717) is 13.0 Å². The van der Waals surface area contributed by atoms with Crippen molar-refractivity contribution < 1.29 is 9.53 Å². The highest BCUT2D eigenvalue weighted by Gasteiger charge is 2.08. The fourth-order valence-corrected chi connectivity index (χ4v) is 1.75. The highest BCUT2D eigenvalue weighted by Crippen LogP contribution is 1.99. The van der Waals surface area contributed by atoms with Gasteiger partial charge in [0.25, 0.3) is 0 Å². The first-order valence-electron chi connectivity index (χ1n) is 5.58. The highest BCUT2D eigenvalue weighted by atomic mass is 32.2. The molecule has 0 fully saturated rings. The standard InChI is InChI=1S/C11H23NO2S/c1-4-14-11(13)9-10(2)12-7-5-6-8-15-3/h10,12H,4-9H2,1-3H3. The van der Waals surface area contributed by atoms with Crippen LogP contribution in [0.5, 0.6) is 0 Å². The maximum Gasteiger partial charge on any atom is 0.307 e. The lowest BCUT2D eigenvalue weighted by molar-refractivity contribution is -0.143. The second-order valence-electron chi connectivity index (χ2n) is 3.56. The number of hydrogen-bond acceptors (Lipinski definition) is 4. The second kappa shape index (κ2) is 10.3. The van der Waals surface area contributed by atoms with Crippen LogP contribution in [0, 0.1) is 0 Å². The van der Waals surface area contributed by atoms with Gasteiger partial charge in [-0.2, -0.15) is 11.8 Å². The predicted molar refractivity (Wildman–Crippen MR) is 66.3 cm³/mol. The lowest BCUT2D eigenvalue weighted by Gasteiger charge is -2.12. The topological polar surface area (TPSA) is 38.3 Å². The molecule has 0 aromatic rings. The lowest BCUT2D eigenvalue weighted by Crippen LogP contribution is -2.30. The molecule has 1 unspecified atom stereocenters. The first-order chi connectivity index (χ1) is 7.20. The zero-order chi connectivity index (χ0) is 11.5. The van der Waals surface area contributed by atoms with Crippen LogP contribution in [0.1, 0.15) is 33.1 Å². The van der Waals surface area contributed by atoms with E-state index in [0.717, 1.165) is 6.54 Å². The monoisotopic (exact) mass is 233 g/mol. The van der Waals surface area contributed by atoms with Gasteiger partial charge in [0.1, 0.15) is 0 Å². The van der Waals surface area contributed by atoms with Crippen LogP contribution in [0.2, 0.25) is 0 Å². The van der Waals surface area contributed by atoms with Crippen molar-refractivity contribution in [3.05, 3.63) is 0 Å². The molecule has 1 N–H and O–H groups in total. The minimum absolute atomic E-state index is 0.110. The Bertz CT molecular complexity index is 165. The van der Waals surface area contributed by atoms with Gasteiger partial charge in [-0.15, -0.1) is 0 Å². The van der Waals surface area contributed by atoms with E-state index < -0.39 is 0 Å². The number of rotatable bonds is 9. The summed E-state index contributed by atoms with van der Waals surface area (Å²) in [5.74, 6) is 1.11. The smallest absolute Gasteiger partial charge is 0.307 e. The van der Waals surface area contributed by atoms with Crippen LogP contribution in [-0.4, -0.2) is 37.2 Å². The van der Waals surface area contributed by atoms with E-state index in [4.69, 9.17) is 4.74 Å². The summed E-state index contributed by atoms with van der Waals surface area (Å²) in [6.07, 6.45) is 5.00. The van der Waals surface area contributed by atoms with Gasteiger partial charge < -0.3 is 10.1 Å². The molecule has 0 bridgehead atoms. The summed E-state index contributed by atoms with van der Waals surface area (Å²) in [6.45, 7) is 5.31. The number of unbranched alkanes of at least 4 members (excludes halogenated alkanes) is 1. The van der Waals surface area contributed by atoms with Crippen molar-refractivity contribution in [1.29, 1.82) is 0 Å². The Morgan fingerprint density at radius 3 is 2.80 bits per heavy atom. The minimum atomic E-state index is -0.110. The molecule has 90 valence electrons. The van der Waals surface area contributed by atoms with Crippen molar-refractivity contribution in [2.45, 2.75) is 39.2 Å². The molecule has 0 spiro atoms. The van der Waals surface area contributed by atoms with Crippen molar-refractivity contribution in [3.8, 4) is 0 Å². The number of esters is 1. The largest absolute Gasteiger partial charge is 0.466 e. The zero-order valence-electron chi connectivity index (χ0n) is 10.0. The molecule has 0 amide bonds. The SMILES string of the molecule is CCOC(=O)CC(C)NCCCCSC. The van der Waals surface area contributed by atoms with Gasteiger partial charge in [-0.25, -0.2) is 0 Å². The Morgan fingerprint density at radius 1 is 1.47 bits per heavy atom. The van der Waals surface area contributed by atoms with Crippen molar-refractivity contribution in [2.75, 3.05) is 25.2 Å². The molecule has 0 aromatic heterocycles. The third-order valence-corrected chi connectivity index (χ3v) is 2.74. The molecule has 0 aliphatic heterocycles. The molecule has 0 heterocycles. The third kappa shape index (κ3) is 10.1. The molecular weight excluding hydrogens is 210 g/mol. The highest BCUT2D eigenvalue weighted by molar-refractivity contribution is 7.98. The maximum absolute atomic E-state index is 11.1. The molecule has 1 atom stereocenters. The second-order valence-corrected chi connectivity index (χ2v) is 4.55. The van der Waals surface area contributed by atoms with E-state index in [1.54, 1.807) is 0 Å². The molecule has 15 heavy (non-hydrogen) atoms. The van der Waals surface area contributed by atoms with Gasteiger partial charge in [-0.1, -0.05) is 0 Å². The van der Waals surface area contributed by atoms with Crippen molar-refractivity contribution in [2.24, 2.45) is 0 Å². The molecule has 0 radical (unpaired) electrons. The third-order valence-electron chi connectivity index (χ3n) is 2.05. The van der Waals surface area contributed by atoms with Crippen molar-refractivity contribution in [1.82, 2.24) is 5.32 Å². The van der Waals surface area contributed by atoms with Gasteiger partial charge in [0, 0.05) is 6.04 Å². The molecule has 0 aromatic carbocycles.